The number of rotatable bonds is 4. The van der Waals surface area contributed by atoms with Gasteiger partial charge in [0.25, 0.3) is 0 Å². The molecular formula is C54H96. The van der Waals surface area contributed by atoms with Crippen LogP contribution in [0.3, 0.4) is 0 Å². The maximum Gasteiger partial charge on any atom is -0.0326 e. The molecule has 0 N–H and O–H groups in total. The van der Waals surface area contributed by atoms with Gasteiger partial charge >= 0.3 is 0 Å². The summed E-state index contributed by atoms with van der Waals surface area (Å²) in [6.07, 6.45) is 46.2. The van der Waals surface area contributed by atoms with Crippen LogP contribution in [0.2, 0.25) is 0 Å². The van der Waals surface area contributed by atoms with E-state index in [1.54, 1.807) is 89.9 Å². The number of fused-ring (bicyclic) bond motifs is 5. The summed E-state index contributed by atoms with van der Waals surface area (Å²) in [7, 11) is 0. The van der Waals surface area contributed by atoms with Crippen LogP contribution in [0.1, 0.15) is 234 Å². The van der Waals surface area contributed by atoms with Gasteiger partial charge in [-0.05, 0) is 171 Å². The predicted molar refractivity (Wildman–Crippen MR) is 235 cm³/mol. The molecule has 0 heterocycles. The molecule has 9 aliphatic rings. The molecule has 17 atom stereocenters. The Balaban J connectivity index is 0.000000125. The molecule has 0 nitrogen and oxygen atoms in total. The summed E-state index contributed by atoms with van der Waals surface area (Å²) in [4.78, 5) is 0. The summed E-state index contributed by atoms with van der Waals surface area (Å²) in [6, 6.07) is 0. The van der Waals surface area contributed by atoms with Crippen molar-refractivity contribution in [2.45, 2.75) is 234 Å². The third-order valence-corrected chi connectivity index (χ3v) is 20.7. The average molecular weight is 745 g/mol. The Morgan fingerprint density at radius 2 is 0.833 bits per heavy atom. The van der Waals surface area contributed by atoms with Gasteiger partial charge in [0.2, 0.25) is 0 Å². The highest BCUT2D eigenvalue weighted by atomic mass is 14.5. The fourth-order valence-electron chi connectivity index (χ4n) is 17.9. The zero-order chi connectivity index (χ0) is 37.6. The summed E-state index contributed by atoms with van der Waals surface area (Å²) in [6.45, 7) is 15.4. The standard InChI is InChI=1S/C19H34.C18H32.C17H30/c1-14-8-3-5-11-17(14)15(2)18-13-7-10-16-9-4-6-12-19(16)18;1-13-7-6-10-16-11-12-17(14(2)18(13)16)15-8-4-3-5-9-15;1-3-13-8-10-15-11-9-14-6-4-5-7-16(14)17(15)12(13)2/h14-19H,3-13H2,1-2H3;13-18H,3-12H2,1-2H3;12-17H,3-11H2,1-2H3. The molecular weight excluding hydrogens is 649 g/mol. The predicted octanol–water partition coefficient (Wildman–Crippen LogP) is 17.0. The quantitative estimate of drug-likeness (QED) is 0.269. The third kappa shape index (κ3) is 9.71. The first-order valence-corrected chi connectivity index (χ1v) is 26.4. The lowest BCUT2D eigenvalue weighted by Gasteiger charge is -2.53. The second kappa shape index (κ2) is 20.3. The minimum atomic E-state index is 1.01. The Hall–Kier alpha value is 0. The Bertz CT molecular complexity index is 1060. The number of hydrogen-bond acceptors (Lipinski definition) is 0. The molecule has 312 valence electrons. The highest BCUT2D eigenvalue weighted by Crippen LogP contribution is 2.56. The molecule has 0 aromatic heterocycles. The molecule has 17 unspecified atom stereocenters. The highest BCUT2D eigenvalue weighted by Gasteiger charge is 2.47. The Kier molecular flexibility index (Phi) is 15.8. The van der Waals surface area contributed by atoms with E-state index in [0.717, 1.165) is 107 Å². The van der Waals surface area contributed by atoms with Crippen LogP contribution in [0.4, 0.5) is 0 Å². The Labute approximate surface area is 339 Å². The van der Waals surface area contributed by atoms with E-state index < -0.39 is 0 Å². The zero-order valence-corrected chi connectivity index (χ0v) is 37.6. The smallest absolute Gasteiger partial charge is 0.0326 e. The maximum absolute atomic E-state index is 2.63. The molecule has 0 aromatic rings. The number of hydrogen-bond donors (Lipinski definition) is 0. The largest absolute Gasteiger partial charge is 0.0651 e. The van der Waals surface area contributed by atoms with Crippen molar-refractivity contribution in [3.8, 4) is 0 Å². The molecule has 9 aliphatic carbocycles. The molecule has 0 spiro atoms. The van der Waals surface area contributed by atoms with Crippen LogP contribution in [0.25, 0.3) is 0 Å². The minimum Gasteiger partial charge on any atom is -0.0651 e. The molecule has 54 heavy (non-hydrogen) atoms. The van der Waals surface area contributed by atoms with Crippen LogP contribution < -0.4 is 0 Å². The van der Waals surface area contributed by atoms with Gasteiger partial charge in [0, 0.05) is 0 Å². The Morgan fingerprint density at radius 3 is 1.57 bits per heavy atom. The first-order chi connectivity index (χ1) is 26.4. The van der Waals surface area contributed by atoms with E-state index >= 15 is 0 Å². The molecule has 0 bridgehead atoms. The summed E-state index contributed by atoms with van der Waals surface area (Å²) >= 11 is 0. The van der Waals surface area contributed by atoms with Crippen molar-refractivity contribution in [3.05, 3.63) is 0 Å². The fraction of sp³-hybridized carbons (Fsp3) is 1.00. The van der Waals surface area contributed by atoms with E-state index in [4.69, 9.17) is 0 Å². The second-order valence-electron chi connectivity index (χ2n) is 23.1. The average Bonchev–Trinajstić information content (AvgIpc) is 3.21. The van der Waals surface area contributed by atoms with Crippen molar-refractivity contribution in [3.63, 3.8) is 0 Å². The van der Waals surface area contributed by atoms with Crippen LogP contribution in [0.5, 0.6) is 0 Å². The van der Waals surface area contributed by atoms with Crippen molar-refractivity contribution in [2.75, 3.05) is 0 Å². The lowest BCUT2D eigenvalue weighted by atomic mass is 9.53. The topological polar surface area (TPSA) is 0 Å². The van der Waals surface area contributed by atoms with Crippen LogP contribution in [-0.2, 0) is 0 Å². The van der Waals surface area contributed by atoms with Gasteiger partial charge in [-0.25, -0.2) is 0 Å². The van der Waals surface area contributed by atoms with Crippen LogP contribution >= 0.6 is 0 Å². The molecule has 0 saturated heterocycles. The van der Waals surface area contributed by atoms with Crippen LogP contribution in [0.15, 0.2) is 0 Å². The van der Waals surface area contributed by atoms with E-state index in [1.807, 2.05) is 0 Å². The van der Waals surface area contributed by atoms with Crippen LogP contribution in [-0.4, -0.2) is 0 Å². The van der Waals surface area contributed by atoms with Gasteiger partial charge in [-0.2, -0.15) is 0 Å². The zero-order valence-electron chi connectivity index (χ0n) is 37.6. The van der Waals surface area contributed by atoms with Gasteiger partial charge in [-0.15, -0.1) is 0 Å². The van der Waals surface area contributed by atoms with Crippen molar-refractivity contribution < 1.29 is 0 Å². The molecule has 0 heteroatoms. The van der Waals surface area contributed by atoms with Gasteiger partial charge in [0.05, 0.1) is 0 Å². The third-order valence-electron chi connectivity index (χ3n) is 20.7. The fourth-order valence-corrected chi connectivity index (χ4v) is 17.9. The Morgan fingerprint density at radius 1 is 0.352 bits per heavy atom. The van der Waals surface area contributed by atoms with E-state index in [2.05, 4.69) is 41.5 Å². The summed E-state index contributed by atoms with van der Waals surface area (Å²) < 4.78 is 0. The van der Waals surface area contributed by atoms with Crippen molar-refractivity contribution in [1.29, 1.82) is 0 Å². The molecule has 0 aromatic carbocycles. The van der Waals surface area contributed by atoms with Crippen LogP contribution in [0, 0.1) is 107 Å². The summed E-state index contributed by atoms with van der Waals surface area (Å²) in [5, 5.41) is 0. The summed E-state index contributed by atoms with van der Waals surface area (Å²) in [5.74, 6) is 19.4. The van der Waals surface area contributed by atoms with Gasteiger partial charge < -0.3 is 0 Å². The van der Waals surface area contributed by atoms with Gasteiger partial charge in [-0.3, -0.25) is 0 Å². The van der Waals surface area contributed by atoms with Crippen molar-refractivity contribution in [1.82, 2.24) is 0 Å². The van der Waals surface area contributed by atoms with Gasteiger partial charge in [0.1, 0.15) is 0 Å². The lowest BCUT2D eigenvalue weighted by molar-refractivity contribution is -0.0302. The summed E-state index contributed by atoms with van der Waals surface area (Å²) in [5.41, 5.74) is 0. The molecule has 9 fully saturated rings. The molecule has 0 aliphatic heterocycles. The van der Waals surface area contributed by atoms with E-state index in [0.29, 0.717) is 0 Å². The highest BCUT2D eigenvalue weighted by molar-refractivity contribution is 4.97. The molecule has 0 radical (unpaired) electrons. The van der Waals surface area contributed by atoms with Gasteiger partial charge in [0.15, 0.2) is 0 Å². The van der Waals surface area contributed by atoms with Gasteiger partial charge in [-0.1, -0.05) is 170 Å². The van der Waals surface area contributed by atoms with E-state index in [9.17, 15) is 0 Å². The first kappa shape index (κ1) is 42.1. The molecule has 9 rings (SSSR count). The van der Waals surface area contributed by atoms with Crippen molar-refractivity contribution >= 4 is 0 Å². The first-order valence-electron chi connectivity index (χ1n) is 26.4. The lowest BCUT2D eigenvalue weighted by Crippen LogP contribution is -2.44. The van der Waals surface area contributed by atoms with E-state index in [-0.39, 0.29) is 0 Å². The minimum absolute atomic E-state index is 1.01. The van der Waals surface area contributed by atoms with Crippen molar-refractivity contribution in [2.24, 2.45) is 107 Å². The second-order valence-corrected chi connectivity index (χ2v) is 23.1. The maximum atomic E-state index is 2.63. The molecule has 0 amide bonds. The van der Waals surface area contributed by atoms with E-state index in [1.165, 1.54) is 103 Å². The monoisotopic (exact) mass is 745 g/mol. The molecule has 9 saturated carbocycles. The normalized spacial score (nSPS) is 47.4. The SMILES string of the molecule is CC1CCCC2CCC(C3CCCCC3)C(C)C12.CC1CCCCC1C(C)C1CCCC2CCCCC21.CCC1CCC2CCC3CCCCC3C2C1C.